The van der Waals surface area contributed by atoms with Crippen LogP contribution in [-0.2, 0) is 4.74 Å². The highest BCUT2D eigenvalue weighted by Gasteiger charge is 2.26. The van der Waals surface area contributed by atoms with Crippen LogP contribution in [0.25, 0.3) is 0 Å². The minimum Gasteiger partial charge on any atom is -0.379 e. The van der Waals surface area contributed by atoms with Crippen molar-refractivity contribution in [2.24, 2.45) is 5.41 Å². The average molecular weight is 334 g/mol. The third-order valence-electron chi connectivity index (χ3n) is 4.45. The number of amides is 2. The first-order valence-corrected chi connectivity index (χ1v) is 8.63. The Kier molecular flexibility index (Phi) is 6.43. The van der Waals surface area contributed by atoms with Gasteiger partial charge in [0.2, 0.25) is 0 Å². The molecule has 1 aliphatic heterocycles. The molecule has 24 heavy (non-hydrogen) atoms. The predicted molar refractivity (Wildman–Crippen MR) is 96.3 cm³/mol. The normalized spacial score (nSPS) is 17.3. The number of rotatable bonds is 4. The number of carbonyl (C=O) groups is 1. The molecule has 6 heteroatoms. The molecule has 2 heterocycles. The molecule has 0 saturated carbocycles. The van der Waals surface area contributed by atoms with Gasteiger partial charge >= 0.3 is 6.03 Å². The molecule has 2 amide bonds. The Morgan fingerprint density at radius 1 is 1.29 bits per heavy atom. The monoisotopic (exact) mass is 334 g/mol. The fraction of sp³-hybridized carbons (Fsp3) is 0.667. The van der Waals surface area contributed by atoms with Crippen LogP contribution in [0.5, 0.6) is 0 Å². The second-order valence-corrected chi connectivity index (χ2v) is 7.29. The lowest BCUT2D eigenvalue weighted by Gasteiger charge is -2.30. The Bertz CT molecular complexity index is 516. The summed E-state index contributed by atoms with van der Waals surface area (Å²) in [7, 11) is 1.69. The van der Waals surface area contributed by atoms with Crippen molar-refractivity contribution in [3.63, 3.8) is 0 Å². The van der Waals surface area contributed by atoms with E-state index in [1.54, 1.807) is 7.11 Å². The van der Waals surface area contributed by atoms with Crippen LogP contribution in [0.1, 0.15) is 27.2 Å². The summed E-state index contributed by atoms with van der Waals surface area (Å²) in [6, 6.07) is 5.92. The van der Waals surface area contributed by atoms with Gasteiger partial charge < -0.3 is 19.9 Å². The Morgan fingerprint density at radius 2 is 2.08 bits per heavy atom. The van der Waals surface area contributed by atoms with Gasteiger partial charge in [0.1, 0.15) is 5.82 Å². The maximum absolute atomic E-state index is 12.5. The van der Waals surface area contributed by atoms with Gasteiger partial charge in [0.05, 0.1) is 6.10 Å². The summed E-state index contributed by atoms with van der Waals surface area (Å²) in [5.41, 5.74) is -0.00338. The number of anilines is 1. The van der Waals surface area contributed by atoms with Crippen LogP contribution in [0.4, 0.5) is 10.6 Å². The van der Waals surface area contributed by atoms with Gasteiger partial charge in [0, 0.05) is 46.0 Å². The number of hydrogen-bond acceptors (Lipinski definition) is 4. The van der Waals surface area contributed by atoms with E-state index in [4.69, 9.17) is 4.74 Å². The largest absolute Gasteiger partial charge is 0.379 e. The first-order valence-electron chi connectivity index (χ1n) is 8.63. The molecule has 0 aliphatic carbocycles. The summed E-state index contributed by atoms with van der Waals surface area (Å²) >= 11 is 0. The standard InChI is InChI=1S/C18H30N4O2/c1-18(2,3)15(24-4)14-20-17(23)22-11-7-10-21(12-13-22)16-8-5-6-9-19-16/h5-6,8-9,15H,7,10-14H2,1-4H3,(H,20,23). The molecule has 1 unspecified atom stereocenters. The number of ether oxygens (including phenoxy) is 1. The summed E-state index contributed by atoms with van der Waals surface area (Å²) in [6.07, 6.45) is 2.75. The van der Waals surface area contributed by atoms with Gasteiger partial charge in [-0.1, -0.05) is 26.8 Å². The molecule has 134 valence electrons. The number of hydrogen-bond donors (Lipinski definition) is 1. The van der Waals surface area contributed by atoms with Crippen LogP contribution in [0, 0.1) is 5.41 Å². The van der Waals surface area contributed by atoms with Crippen molar-refractivity contribution in [3.05, 3.63) is 24.4 Å². The van der Waals surface area contributed by atoms with E-state index in [2.05, 4.69) is 36.0 Å². The van der Waals surface area contributed by atoms with Crippen molar-refractivity contribution < 1.29 is 9.53 Å². The molecule has 1 aromatic heterocycles. The van der Waals surface area contributed by atoms with Crippen LogP contribution in [-0.4, -0.2) is 61.9 Å². The van der Waals surface area contributed by atoms with Crippen molar-refractivity contribution >= 4 is 11.8 Å². The zero-order valence-electron chi connectivity index (χ0n) is 15.3. The van der Waals surface area contributed by atoms with Gasteiger partial charge in [-0.15, -0.1) is 0 Å². The molecule has 1 aliphatic rings. The van der Waals surface area contributed by atoms with Gasteiger partial charge in [-0.25, -0.2) is 9.78 Å². The van der Waals surface area contributed by atoms with Crippen LogP contribution >= 0.6 is 0 Å². The first kappa shape index (κ1) is 18.5. The second-order valence-electron chi connectivity index (χ2n) is 7.29. The van der Waals surface area contributed by atoms with Gasteiger partial charge in [-0.05, 0) is 24.0 Å². The van der Waals surface area contributed by atoms with Gasteiger partial charge in [0.15, 0.2) is 0 Å². The van der Waals surface area contributed by atoms with Crippen LogP contribution in [0.2, 0.25) is 0 Å². The van der Waals surface area contributed by atoms with Crippen molar-refractivity contribution in [3.8, 4) is 0 Å². The zero-order chi connectivity index (χ0) is 17.6. The van der Waals surface area contributed by atoms with Crippen LogP contribution in [0.3, 0.4) is 0 Å². The van der Waals surface area contributed by atoms with Crippen LogP contribution in [0.15, 0.2) is 24.4 Å². The number of aromatic nitrogens is 1. The predicted octanol–water partition coefficient (Wildman–Crippen LogP) is 2.36. The van der Waals surface area contributed by atoms with Crippen molar-refractivity contribution in [1.29, 1.82) is 0 Å². The molecule has 1 saturated heterocycles. The van der Waals surface area contributed by atoms with Crippen molar-refractivity contribution in [2.75, 3.05) is 44.7 Å². The summed E-state index contributed by atoms with van der Waals surface area (Å²) in [4.78, 5) is 21.0. The summed E-state index contributed by atoms with van der Waals surface area (Å²) in [5, 5.41) is 3.02. The fourth-order valence-electron chi connectivity index (χ4n) is 2.93. The molecule has 6 nitrogen and oxygen atoms in total. The van der Waals surface area contributed by atoms with Gasteiger partial charge in [-0.3, -0.25) is 0 Å². The molecule has 0 bridgehead atoms. The lowest BCUT2D eigenvalue weighted by molar-refractivity contribution is 0.0186. The fourth-order valence-corrected chi connectivity index (χ4v) is 2.93. The Balaban J connectivity index is 1.86. The van der Waals surface area contributed by atoms with E-state index >= 15 is 0 Å². The second kappa shape index (κ2) is 8.33. The number of pyridine rings is 1. The van der Waals surface area contributed by atoms with E-state index in [9.17, 15) is 4.79 Å². The minimum absolute atomic E-state index is 0.00144. The quantitative estimate of drug-likeness (QED) is 0.918. The Morgan fingerprint density at radius 3 is 2.71 bits per heavy atom. The highest BCUT2D eigenvalue weighted by molar-refractivity contribution is 5.74. The van der Waals surface area contributed by atoms with E-state index < -0.39 is 0 Å². The molecule has 0 radical (unpaired) electrons. The molecule has 0 aromatic carbocycles. The molecule has 1 N–H and O–H groups in total. The maximum atomic E-state index is 12.5. The number of nitrogens with one attached hydrogen (secondary N) is 1. The van der Waals surface area contributed by atoms with Crippen molar-refractivity contribution in [1.82, 2.24) is 15.2 Å². The van der Waals surface area contributed by atoms with E-state index in [1.165, 1.54) is 0 Å². The van der Waals surface area contributed by atoms with E-state index in [0.29, 0.717) is 13.1 Å². The number of carbonyl (C=O) groups excluding carboxylic acids is 1. The SMILES string of the molecule is COC(CNC(=O)N1CCCN(c2ccccn2)CC1)C(C)(C)C. The maximum Gasteiger partial charge on any atom is 0.317 e. The third kappa shape index (κ3) is 5.09. The molecular formula is C18H30N4O2. The summed E-state index contributed by atoms with van der Waals surface area (Å²) in [6.45, 7) is 10.1. The number of urea groups is 1. The van der Waals surface area contributed by atoms with E-state index in [1.807, 2.05) is 29.3 Å². The lowest BCUT2D eigenvalue weighted by Crippen LogP contribution is -2.47. The smallest absolute Gasteiger partial charge is 0.317 e. The molecular weight excluding hydrogens is 304 g/mol. The highest BCUT2D eigenvalue weighted by Crippen LogP contribution is 2.21. The van der Waals surface area contributed by atoms with Gasteiger partial charge in [0.25, 0.3) is 0 Å². The third-order valence-corrected chi connectivity index (χ3v) is 4.45. The van der Waals surface area contributed by atoms with Crippen molar-refractivity contribution in [2.45, 2.75) is 33.3 Å². The van der Waals surface area contributed by atoms with E-state index in [-0.39, 0.29) is 17.6 Å². The Hall–Kier alpha value is -1.82. The topological polar surface area (TPSA) is 57.7 Å². The molecule has 2 rings (SSSR count). The minimum atomic E-state index is -0.0100. The zero-order valence-corrected chi connectivity index (χ0v) is 15.3. The average Bonchev–Trinajstić information content (AvgIpc) is 2.81. The molecule has 1 fully saturated rings. The first-order chi connectivity index (χ1) is 11.4. The Labute approximate surface area is 145 Å². The lowest BCUT2D eigenvalue weighted by atomic mass is 9.89. The van der Waals surface area contributed by atoms with Gasteiger partial charge in [-0.2, -0.15) is 0 Å². The van der Waals surface area contributed by atoms with E-state index in [0.717, 1.165) is 31.9 Å². The highest BCUT2D eigenvalue weighted by atomic mass is 16.5. The molecule has 0 spiro atoms. The number of methoxy groups -OCH3 is 1. The molecule has 1 atom stereocenters. The summed E-state index contributed by atoms with van der Waals surface area (Å²) in [5.74, 6) is 0.979. The summed E-state index contributed by atoms with van der Waals surface area (Å²) < 4.78 is 5.50. The van der Waals surface area contributed by atoms with Crippen LogP contribution < -0.4 is 10.2 Å². The number of nitrogens with zero attached hydrogens (tertiary/aromatic N) is 3. The molecule has 1 aromatic rings.